The standard InChI is InChI=1S/C44H25N3S/c1-2-13-27(14-3-1)41-43-42(34-20-10-11-21-37(34)48-43)46-44(45-41)47-35-24-22-26-12-4-5-15-28(26)39(35)40-36(47)25-23-33-31-18-7-6-16-29(31)30-17-8-9-19-32(30)38(33)40/h1-25H. The van der Waals surface area contributed by atoms with Gasteiger partial charge < -0.3 is 0 Å². The lowest BCUT2D eigenvalue weighted by molar-refractivity contribution is 1.02. The van der Waals surface area contributed by atoms with Gasteiger partial charge in [-0.25, -0.2) is 9.97 Å². The van der Waals surface area contributed by atoms with Gasteiger partial charge in [-0.2, -0.15) is 0 Å². The van der Waals surface area contributed by atoms with E-state index >= 15 is 0 Å². The summed E-state index contributed by atoms with van der Waals surface area (Å²) in [7, 11) is 0. The molecule has 0 aliphatic carbocycles. The van der Waals surface area contributed by atoms with E-state index in [4.69, 9.17) is 9.97 Å². The van der Waals surface area contributed by atoms with Crippen molar-refractivity contribution in [3.05, 3.63) is 152 Å². The quantitative estimate of drug-likeness (QED) is 0.179. The molecule has 0 amide bonds. The molecule has 3 aromatic heterocycles. The molecule has 0 aliphatic rings. The van der Waals surface area contributed by atoms with Crippen LogP contribution >= 0.6 is 11.3 Å². The Hall–Kier alpha value is -6.10. The number of fused-ring (bicyclic) bond motifs is 15. The first-order valence-corrected chi connectivity index (χ1v) is 17.1. The van der Waals surface area contributed by atoms with Gasteiger partial charge in [-0.1, -0.05) is 133 Å². The van der Waals surface area contributed by atoms with Gasteiger partial charge in [0, 0.05) is 31.8 Å². The van der Waals surface area contributed by atoms with E-state index < -0.39 is 0 Å². The van der Waals surface area contributed by atoms with Crippen LogP contribution in [0.2, 0.25) is 0 Å². The van der Waals surface area contributed by atoms with E-state index in [-0.39, 0.29) is 0 Å². The van der Waals surface area contributed by atoms with E-state index in [1.54, 1.807) is 11.3 Å². The van der Waals surface area contributed by atoms with Gasteiger partial charge in [-0.3, -0.25) is 4.57 Å². The van der Waals surface area contributed by atoms with Crippen LogP contribution in [0.4, 0.5) is 0 Å². The Balaban J connectivity index is 1.39. The van der Waals surface area contributed by atoms with E-state index in [0.717, 1.165) is 37.9 Å². The summed E-state index contributed by atoms with van der Waals surface area (Å²) in [6.45, 7) is 0. The van der Waals surface area contributed by atoms with Gasteiger partial charge in [0.05, 0.1) is 26.9 Å². The molecule has 0 aliphatic heterocycles. The van der Waals surface area contributed by atoms with Crippen LogP contribution in [0.25, 0.3) is 102 Å². The lowest BCUT2D eigenvalue weighted by atomic mass is 9.91. The first-order valence-electron chi connectivity index (χ1n) is 16.3. The highest BCUT2D eigenvalue weighted by molar-refractivity contribution is 7.26. The number of rotatable bonds is 2. The molecule has 0 atom stereocenters. The van der Waals surface area contributed by atoms with E-state index in [1.807, 2.05) is 0 Å². The predicted molar refractivity (Wildman–Crippen MR) is 205 cm³/mol. The van der Waals surface area contributed by atoms with Crippen LogP contribution in [0.3, 0.4) is 0 Å². The largest absolute Gasteiger partial charge is 0.278 e. The van der Waals surface area contributed by atoms with Crippen molar-refractivity contribution in [3.8, 4) is 17.2 Å². The van der Waals surface area contributed by atoms with E-state index in [9.17, 15) is 0 Å². The van der Waals surface area contributed by atoms with Crippen molar-refractivity contribution in [3.63, 3.8) is 0 Å². The molecule has 8 aromatic carbocycles. The van der Waals surface area contributed by atoms with Crippen molar-refractivity contribution in [1.82, 2.24) is 14.5 Å². The van der Waals surface area contributed by atoms with Crippen LogP contribution in [0, 0.1) is 0 Å². The molecule has 0 radical (unpaired) electrons. The monoisotopic (exact) mass is 627 g/mol. The molecule has 11 rings (SSSR count). The number of thiophene rings is 1. The Bertz CT molecular complexity index is 3080. The third-order valence-corrected chi connectivity index (χ3v) is 11.1. The van der Waals surface area contributed by atoms with Crippen molar-refractivity contribution in [2.75, 3.05) is 0 Å². The number of hydrogen-bond acceptors (Lipinski definition) is 3. The summed E-state index contributed by atoms with van der Waals surface area (Å²) >= 11 is 1.77. The molecule has 48 heavy (non-hydrogen) atoms. The minimum Gasteiger partial charge on any atom is -0.278 e. The second-order valence-corrected chi connectivity index (χ2v) is 13.6. The van der Waals surface area contributed by atoms with Crippen LogP contribution in [0.15, 0.2) is 152 Å². The molecule has 0 fully saturated rings. The van der Waals surface area contributed by atoms with Gasteiger partial charge in [0.25, 0.3) is 0 Å². The van der Waals surface area contributed by atoms with Gasteiger partial charge in [0.1, 0.15) is 0 Å². The van der Waals surface area contributed by atoms with Crippen molar-refractivity contribution < 1.29 is 0 Å². The van der Waals surface area contributed by atoms with Gasteiger partial charge in [-0.15, -0.1) is 11.3 Å². The van der Waals surface area contributed by atoms with Crippen LogP contribution in [0.5, 0.6) is 0 Å². The van der Waals surface area contributed by atoms with Crippen LogP contribution in [-0.2, 0) is 0 Å². The number of hydrogen-bond donors (Lipinski definition) is 0. The Kier molecular flexibility index (Phi) is 5.26. The summed E-state index contributed by atoms with van der Waals surface area (Å²) in [5, 5.41) is 13.7. The normalized spacial score (nSPS) is 12.2. The maximum atomic E-state index is 5.44. The van der Waals surface area contributed by atoms with Crippen LogP contribution in [0.1, 0.15) is 0 Å². The third kappa shape index (κ3) is 3.47. The summed E-state index contributed by atoms with van der Waals surface area (Å²) in [5.41, 5.74) is 5.25. The van der Waals surface area contributed by atoms with Crippen LogP contribution in [-0.4, -0.2) is 14.5 Å². The van der Waals surface area contributed by atoms with Crippen molar-refractivity contribution in [2.24, 2.45) is 0 Å². The maximum Gasteiger partial charge on any atom is 0.235 e. The molecule has 0 saturated carbocycles. The van der Waals surface area contributed by atoms with Gasteiger partial charge in [0.2, 0.25) is 5.95 Å². The molecule has 11 aromatic rings. The SMILES string of the molecule is c1ccc(-c2nc(-n3c4ccc5ccccc5c4c4c5c6ccccc6c6ccccc6c5ccc43)nc3c2sc2ccccc23)cc1. The first-order chi connectivity index (χ1) is 23.8. The molecule has 0 spiro atoms. The van der Waals surface area contributed by atoms with Gasteiger partial charge in [0.15, 0.2) is 0 Å². The molecule has 0 bridgehead atoms. The Morgan fingerprint density at radius 2 is 1.00 bits per heavy atom. The predicted octanol–water partition coefficient (Wildman–Crippen LogP) is 12.2. The molecule has 222 valence electrons. The summed E-state index contributed by atoms with van der Waals surface area (Å²) < 4.78 is 4.63. The average Bonchev–Trinajstić information content (AvgIpc) is 3.71. The Morgan fingerprint density at radius 3 is 1.79 bits per heavy atom. The molecular formula is C44H25N3S. The Labute approximate surface area is 278 Å². The molecule has 3 nitrogen and oxygen atoms in total. The number of nitrogens with zero attached hydrogens (tertiary/aromatic N) is 3. The van der Waals surface area contributed by atoms with Crippen molar-refractivity contribution >= 4 is 96.5 Å². The molecule has 3 heterocycles. The average molecular weight is 628 g/mol. The summed E-state index contributed by atoms with van der Waals surface area (Å²) in [6, 6.07) is 54.6. The van der Waals surface area contributed by atoms with Gasteiger partial charge in [-0.05, 0) is 55.9 Å². The molecule has 4 heteroatoms. The van der Waals surface area contributed by atoms with Crippen molar-refractivity contribution in [2.45, 2.75) is 0 Å². The lowest BCUT2D eigenvalue weighted by Crippen LogP contribution is -2.02. The molecular weight excluding hydrogens is 603 g/mol. The number of benzene rings is 8. The molecule has 0 N–H and O–H groups in total. The fourth-order valence-electron chi connectivity index (χ4n) is 7.95. The van der Waals surface area contributed by atoms with E-state index in [1.165, 1.54) is 58.6 Å². The van der Waals surface area contributed by atoms with E-state index in [0.29, 0.717) is 5.95 Å². The minimum absolute atomic E-state index is 0.685. The zero-order valence-electron chi connectivity index (χ0n) is 25.7. The Morgan fingerprint density at radius 1 is 0.417 bits per heavy atom. The zero-order valence-corrected chi connectivity index (χ0v) is 26.5. The molecule has 0 saturated heterocycles. The second kappa shape index (κ2) is 9.71. The highest BCUT2D eigenvalue weighted by Gasteiger charge is 2.23. The summed E-state index contributed by atoms with van der Waals surface area (Å²) in [6.07, 6.45) is 0. The van der Waals surface area contributed by atoms with E-state index in [2.05, 4.69) is 156 Å². The number of aromatic nitrogens is 3. The fourth-order valence-corrected chi connectivity index (χ4v) is 9.10. The molecule has 0 unspecified atom stereocenters. The second-order valence-electron chi connectivity index (χ2n) is 12.5. The minimum atomic E-state index is 0.685. The third-order valence-electron chi connectivity index (χ3n) is 9.98. The topological polar surface area (TPSA) is 30.7 Å². The van der Waals surface area contributed by atoms with Crippen molar-refractivity contribution in [1.29, 1.82) is 0 Å². The highest BCUT2D eigenvalue weighted by Crippen LogP contribution is 2.46. The smallest absolute Gasteiger partial charge is 0.235 e. The summed E-state index contributed by atoms with van der Waals surface area (Å²) in [5.74, 6) is 0.685. The van der Waals surface area contributed by atoms with Crippen LogP contribution < -0.4 is 0 Å². The first kappa shape index (κ1) is 26.0. The van der Waals surface area contributed by atoms with Gasteiger partial charge >= 0.3 is 0 Å². The maximum absolute atomic E-state index is 5.44. The fraction of sp³-hybridized carbons (Fsp3) is 0. The zero-order chi connectivity index (χ0) is 31.3. The highest BCUT2D eigenvalue weighted by atomic mass is 32.1. The lowest BCUT2D eigenvalue weighted by Gasteiger charge is -2.13. The summed E-state index contributed by atoms with van der Waals surface area (Å²) in [4.78, 5) is 10.9.